The van der Waals surface area contributed by atoms with Gasteiger partial charge in [-0.2, -0.15) is 4.31 Å². The Morgan fingerprint density at radius 2 is 1.93 bits per heavy atom. The molecule has 3 heterocycles. The predicted octanol–water partition coefficient (Wildman–Crippen LogP) is 0.651. The highest BCUT2D eigenvalue weighted by molar-refractivity contribution is 7.89. The highest BCUT2D eigenvalue weighted by Gasteiger charge is 2.44. The Morgan fingerprint density at radius 1 is 1.17 bits per heavy atom. The number of sulfonamides is 1. The normalized spacial score (nSPS) is 23.0. The second-order valence-corrected chi connectivity index (χ2v) is 13.1. The van der Waals surface area contributed by atoms with Gasteiger partial charge in [-0.1, -0.05) is 50.2 Å². The van der Waals surface area contributed by atoms with Gasteiger partial charge in [0.05, 0.1) is 41.7 Å². The molecule has 2 aromatic rings. The van der Waals surface area contributed by atoms with E-state index in [4.69, 9.17) is 18.9 Å². The number of nitrogens with one attached hydrogen (secondary N) is 1. The Balaban J connectivity index is 1.35. The minimum absolute atomic E-state index is 0.0363. The Hall–Kier alpha value is -3.01. The van der Waals surface area contributed by atoms with Crippen LogP contribution in [0.2, 0.25) is 0 Å². The number of fused-ring (bicyclic) bond motifs is 2. The minimum Gasteiger partial charge on any atom is -0.502 e. The summed E-state index contributed by atoms with van der Waals surface area (Å²) in [6.45, 7) is 4.14. The van der Waals surface area contributed by atoms with Crippen molar-refractivity contribution in [1.29, 1.82) is 0 Å². The number of hydrogen-bond acceptors (Lipinski definition) is 10. The van der Waals surface area contributed by atoms with Gasteiger partial charge in [-0.3, -0.25) is 0 Å². The van der Waals surface area contributed by atoms with Crippen LogP contribution in [-0.2, 0) is 35.3 Å². The number of aliphatic hydroxyl groups is 1. The second-order valence-electron chi connectivity index (χ2n) is 11.2. The van der Waals surface area contributed by atoms with E-state index in [1.165, 1.54) is 18.2 Å². The molecule has 5 atom stereocenters. The second kappa shape index (κ2) is 12.7. The van der Waals surface area contributed by atoms with Crippen LogP contribution in [0.15, 0.2) is 53.4 Å². The molecule has 1 amide bonds. The Morgan fingerprint density at radius 3 is 2.67 bits per heavy atom. The van der Waals surface area contributed by atoms with E-state index in [2.05, 4.69) is 5.32 Å². The van der Waals surface area contributed by atoms with Crippen LogP contribution in [-0.4, -0.2) is 92.9 Å². The first-order valence-corrected chi connectivity index (χ1v) is 15.4. The van der Waals surface area contributed by atoms with E-state index in [9.17, 15) is 28.1 Å². The van der Waals surface area contributed by atoms with Crippen LogP contribution in [0, 0.1) is 11.8 Å². The largest absolute Gasteiger partial charge is 0.563 e. The number of aliphatic hydroxyl groups excluding tert-OH is 1. The summed E-state index contributed by atoms with van der Waals surface area (Å²) in [7, 11) is -5.66. The van der Waals surface area contributed by atoms with Gasteiger partial charge in [-0.15, -0.1) is 0 Å². The van der Waals surface area contributed by atoms with E-state index in [0.717, 1.165) is 9.87 Å². The number of benzene rings is 2. The molecule has 42 heavy (non-hydrogen) atoms. The molecule has 0 radical (unpaired) electrons. The Bertz CT molecular complexity index is 1390. The molecular weight excluding hydrogens is 567 g/mol. The van der Waals surface area contributed by atoms with E-state index in [1.54, 1.807) is 0 Å². The highest BCUT2D eigenvalue weighted by atomic mass is 32.2. The van der Waals surface area contributed by atoms with Crippen molar-refractivity contribution in [2.24, 2.45) is 11.8 Å². The van der Waals surface area contributed by atoms with Crippen LogP contribution in [0.5, 0.6) is 0 Å². The lowest BCUT2D eigenvalue weighted by atomic mass is 9.80. The van der Waals surface area contributed by atoms with Crippen molar-refractivity contribution >= 4 is 34.7 Å². The van der Waals surface area contributed by atoms with Crippen LogP contribution in [0.4, 0.5) is 4.79 Å². The third kappa shape index (κ3) is 6.63. The fraction of sp³-hybridized carbons (Fsp3) is 0.500. The summed E-state index contributed by atoms with van der Waals surface area (Å²) >= 11 is 0. The monoisotopic (exact) mass is 602 g/mol. The average Bonchev–Trinajstić information content (AvgIpc) is 3.64. The molecule has 4 unspecified atom stereocenters. The lowest BCUT2D eigenvalue weighted by Crippen LogP contribution is -2.51. The molecule has 5 rings (SSSR count). The van der Waals surface area contributed by atoms with Crippen LogP contribution in [0.1, 0.15) is 36.2 Å². The van der Waals surface area contributed by atoms with Gasteiger partial charge >= 0.3 is 19.2 Å². The molecule has 0 saturated carbocycles. The van der Waals surface area contributed by atoms with E-state index in [1.807, 2.05) is 44.2 Å². The molecular formula is C28H35BN2O10S. The molecule has 0 aliphatic carbocycles. The van der Waals surface area contributed by atoms with E-state index < -0.39 is 53.7 Å². The summed E-state index contributed by atoms with van der Waals surface area (Å²) in [5.74, 6) is -0.993. The van der Waals surface area contributed by atoms with Gasteiger partial charge in [0.1, 0.15) is 6.10 Å². The number of carbonyl (C=O) groups excluding carboxylic acids is 2. The third-order valence-corrected chi connectivity index (χ3v) is 9.46. The molecule has 12 nitrogen and oxygen atoms in total. The maximum Gasteiger partial charge on any atom is 0.563 e. The molecule has 0 spiro atoms. The van der Waals surface area contributed by atoms with Gasteiger partial charge in [0, 0.05) is 18.6 Å². The zero-order valence-electron chi connectivity index (χ0n) is 23.4. The van der Waals surface area contributed by atoms with E-state index >= 15 is 0 Å². The number of amides is 1. The number of alkyl carbamates (subject to hydrolysis) is 1. The Kier molecular flexibility index (Phi) is 9.21. The summed E-state index contributed by atoms with van der Waals surface area (Å²) in [5.41, 5.74) is 0.971. The molecule has 3 aliphatic rings. The number of carbonyl (C=O) groups is 2. The van der Waals surface area contributed by atoms with Gasteiger partial charge < -0.3 is 34.3 Å². The minimum atomic E-state index is -4.21. The first-order chi connectivity index (χ1) is 20.0. The van der Waals surface area contributed by atoms with Crippen LogP contribution in [0.3, 0.4) is 0 Å². The molecule has 2 saturated heterocycles. The lowest BCUT2D eigenvalue weighted by molar-refractivity contribution is -0.0907. The zero-order chi connectivity index (χ0) is 30.0. The molecule has 0 aromatic heterocycles. The standard InChI is InChI=1S/C28H35BN2O10S/c1-17(2)14-31(42(36,37)19-8-9-22-21(13-19)26(33)41-29(22)35)15-24(32)23(12-18-6-4-3-5-7-18)30-28(34)40-25-16-39-27-20(25)10-11-38-27/h3-9,13,17,20,23-25,27,32,35H,10-12,14-16H2,1-2H3,(H,30,34)/t20?,23?,24?,25-,27?/m0/s1. The zero-order valence-corrected chi connectivity index (χ0v) is 24.2. The van der Waals surface area contributed by atoms with Crippen LogP contribution >= 0.6 is 0 Å². The summed E-state index contributed by atoms with van der Waals surface area (Å²) < 4.78 is 50.2. The Labute approximate surface area is 245 Å². The SMILES string of the molecule is CC(C)CN(CC(O)C(Cc1ccccc1)NC(=O)O[C@H]1COC2OCCC21)S(=O)(=O)c1ccc2c(c1)C(=O)OB2O. The molecule has 2 fully saturated rings. The van der Waals surface area contributed by atoms with Crippen molar-refractivity contribution in [2.75, 3.05) is 26.3 Å². The van der Waals surface area contributed by atoms with E-state index in [0.29, 0.717) is 13.0 Å². The molecule has 3 aliphatic heterocycles. The van der Waals surface area contributed by atoms with Crippen molar-refractivity contribution in [1.82, 2.24) is 9.62 Å². The third-order valence-electron chi connectivity index (χ3n) is 7.64. The van der Waals surface area contributed by atoms with Crippen LogP contribution in [0.25, 0.3) is 0 Å². The summed E-state index contributed by atoms with van der Waals surface area (Å²) in [6.07, 6.45) is -2.03. The van der Waals surface area contributed by atoms with Gasteiger partial charge in [0.25, 0.3) is 0 Å². The summed E-state index contributed by atoms with van der Waals surface area (Å²) in [4.78, 5) is 25.0. The van der Waals surface area contributed by atoms with Crippen molar-refractivity contribution in [3.8, 4) is 0 Å². The van der Waals surface area contributed by atoms with Gasteiger partial charge in [-0.25, -0.2) is 18.0 Å². The number of ether oxygens (including phenoxy) is 3. The van der Waals surface area contributed by atoms with Crippen molar-refractivity contribution in [3.63, 3.8) is 0 Å². The number of nitrogens with zero attached hydrogens (tertiary/aromatic N) is 1. The van der Waals surface area contributed by atoms with Gasteiger partial charge in [0.15, 0.2) is 6.29 Å². The van der Waals surface area contributed by atoms with E-state index in [-0.39, 0.29) is 53.9 Å². The van der Waals surface area contributed by atoms with Crippen molar-refractivity contribution in [3.05, 3.63) is 59.7 Å². The average molecular weight is 602 g/mol. The fourth-order valence-corrected chi connectivity index (χ4v) is 7.15. The fourth-order valence-electron chi connectivity index (χ4n) is 5.50. The predicted molar refractivity (Wildman–Crippen MR) is 150 cm³/mol. The number of rotatable bonds is 11. The smallest absolute Gasteiger partial charge is 0.502 e. The summed E-state index contributed by atoms with van der Waals surface area (Å²) in [6, 6.07) is 12.1. The molecule has 2 aromatic carbocycles. The first-order valence-electron chi connectivity index (χ1n) is 14.0. The molecule has 14 heteroatoms. The van der Waals surface area contributed by atoms with Crippen molar-refractivity contribution in [2.45, 2.75) is 56.1 Å². The maximum absolute atomic E-state index is 13.8. The molecule has 3 N–H and O–H groups in total. The highest BCUT2D eigenvalue weighted by Crippen LogP contribution is 2.33. The maximum atomic E-state index is 13.8. The van der Waals surface area contributed by atoms with Crippen molar-refractivity contribution < 1.29 is 47.0 Å². The molecule has 226 valence electrons. The lowest BCUT2D eigenvalue weighted by Gasteiger charge is -2.31. The van der Waals surface area contributed by atoms with Gasteiger partial charge in [-0.05, 0) is 36.5 Å². The number of hydrogen-bond donors (Lipinski definition) is 3. The first kappa shape index (κ1) is 30.5. The topological polar surface area (TPSA) is 161 Å². The van der Waals surface area contributed by atoms with Crippen LogP contribution < -0.4 is 10.8 Å². The summed E-state index contributed by atoms with van der Waals surface area (Å²) in [5, 5.41) is 24.1. The van der Waals surface area contributed by atoms with Gasteiger partial charge in [0.2, 0.25) is 10.0 Å². The quantitative estimate of drug-likeness (QED) is 0.312. The molecule has 0 bridgehead atoms.